The predicted octanol–water partition coefficient (Wildman–Crippen LogP) is 2.11. The maximum absolute atomic E-state index is 13.5. The van der Waals surface area contributed by atoms with E-state index in [1.54, 1.807) is 12.1 Å². The van der Waals surface area contributed by atoms with Crippen molar-refractivity contribution in [3.8, 4) is 6.07 Å². The standard InChI is InChI=1S/C13H11FN2O3S/c1-16(8-10-5-6-19-9-10)20(17,18)13-4-2-3-12(14)11(13)7-15/h2-6,9H,8H2,1H3. The summed E-state index contributed by atoms with van der Waals surface area (Å²) in [6, 6.07) is 6.73. The third-order valence-electron chi connectivity index (χ3n) is 2.76. The molecule has 2 rings (SSSR count). The molecule has 7 heteroatoms. The maximum atomic E-state index is 13.5. The van der Waals surface area contributed by atoms with Gasteiger partial charge in [-0.25, -0.2) is 12.8 Å². The first-order chi connectivity index (χ1) is 9.46. The average molecular weight is 294 g/mol. The van der Waals surface area contributed by atoms with Gasteiger partial charge < -0.3 is 4.42 Å². The minimum Gasteiger partial charge on any atom is -0.472 e. The van der Waals surface area contributed by atoms with Gasteiger partial charge >= 0.3 is 0 Å². The van der Waals surface area contributed by atoms with E-state index in [0.29, 0.717) is 5.56 Å². The molecule has 0 aliphatic carbocycles. The Bertz CT molecular complexity index is 748. The third-order valence-corrected chi connectivity index (χ3v) is 4.61. The van der Waals surface area contributed by atoms with Crippen LogP contribution in [0.2, 0.25) is 0 Å². The Morgan fingerprint density at radius 2 is 2.15 bits per heavy atom. The quantitative estimate of drug-likeness (QED) is 0.865. The summed E-state index contributed by atoms with van der Waals surface area (Å²) in [5.74, 6) is -0.856. The summed E-state index contributed by atoms with van der Waals surface area (Å²) in [6.07, 6.45) is 2.85. The SMILES string of the molecule is CN(Cc1ccoc1)S(=O)(=O)c1cccc(F)c1C#N. The Labute approximate surface area is 115 Å². The van der Waals surface area contributed by atoms with Crippen molar-refractivity contribution in [2.45, 2.75) is 11.4 Å². The number of rotatable bonds is 4. The van der Waals surface area contributed by atoms with E-state index >= 15 is 0 Å². The molecule has 0 radical (unpaired) electrons. The first kappa shape index (κ1) is 14.2. The fourth-order valence-corrected chi connectivity index (χ4v) is 3.03. The summed E-state index contributed by atoms with van der Waals surface area (Å²) in [7, 11) is -2.60. The number of furan rings is 1. The van der Waals surface area contributed by atoms with Crippen molar-refractivity contribution in [1.82, 2.24) is 4.31 Å². The second-order valence-corrected chi connectivity index (χ2v) is 6.13. The second-order valence-electron chi connectivity index (χ2n) is 4.12. The maximum Gasteiger partial charge on any atom is 0.244 e. The Morgan fingerprint density at radius 1 is 1.40 bits per heavy atom. The zero-order chi connectivity index (χ0) is 14.8. The molecular weight excluding hydrogens is 283 g/mol. The number of nitriles is 1. The Balaban J connectivity index is 2.41. The van der Waals surface area contributed by atoms with Crippen LogP contribution in [0.1, 0.15) is 11.1 Å². The molecule has 0 amide bonds. The Morgan fingerprint density at radius 3 is 2.75 bits per heavy atom. The van der Waals surface area contributed by atoms with Gasteiger partial charge in [0, 0.05) is 19.2 Å². The van der Waals surface area contributed by atoms with Crippen molar-refractivity contribution in [3.63, 3.8) is 0 Å². The summed E-state index contributed by atoms with van der Waals surface area (Å²) in [4.78, 5) is -0.342. The van der Waals surface area contributed by atoms with Crippen molar-refractivity contribution in [2.75, 3.05) is 7.05 Å². The minimum absolute atomic E-state index is 0.0697. The summed E-state index contributed by atoms with van der Waals surface area (Å²) in [5.41, 5.74) is 0.178. The van der Waals surface area contributed by atoms with Gasteiger partial charge in [0.2, 0.25) is 10.0 Å². The number of nitrogens with zero attached hydrogens (tertiary/aromatic N) is 2. The van der Waals surface area contributed by atoms with Crippen LogP contribution in [-0.4, -0.2) is 19.8 Å². The van der Waals surface area contributed by atoms with Gasteiger partial charge in [-0.15, -0.1) is 0 Å². The monoisotopic (exact) mass is 294 g/mol. The molecule has 2 aromatic rings. The fraction of sp³-hybridized carbons (Fsp3) is 0.154. The molecule has 1 aromatic heterocycles. The smallest absolute Gasteiger partial charge is 0.244 e. The molecule has 5 nitrogen and oxygen atoms in total. The van der Waals surface area contributed by atoms with Crippen molar-refractivity contribution < 1.29 is 17.2 Å². The molecule has 0 saturated heterocycles. The van der Waals surface area contributed by atoms with Crippen molar-refractivity contribution >= 4 is 10.0 Å². The molecule has 0 spiro atoms. The highest BCUT2D eigenvalue weighted by atomic mass is 32.2. The van der Waals surface area contributed by atoms with Crippen molar-refractivity contribution in [2.24, 2.45) is 0 Å². The lowest BCUT2D eigenvalue weighted by Gasteiger charge is -2.17. The summed E-state index contributed by atoms with van der Waals surface area (Å²) in [5, 5.41) is 8.91. The van der Waals surface area contributed by atoms with Crippen LogP contribution in [0.5, 0.6) is 0 Å². The van der Waals surface area contributed by atoms with Crippen LogP contribution in [-0.2, 0) is 16.6 Å². The summed E-state index contributed by atoms with van der Waals surface area (Å²) in [6.45, 7) is 0.0697. The lowest BCUT2D eigenvalue weighted by molar-refractivity contribution is 0.462. The molecular formula is C13H11FN2O3S. The Hall–Kier alpha value is -2.17. The van der Waals surface area contributed by atoms with Crippen molar-refractivity contribution in [1.29, 1.82) is 5.26 Å². The number of hydrogen-bond acceptors (Lipinski definition) is 4. The highest BCUT2D eigenvalue weighted by Crippen LogP contribution is 2.22. The number of halogens is 1. The van der Waals surface area contributed by atoms with E-state index in [1.807, 2.05) is 0 Å². The largest absolute Gasteiger partial charge is 0.472 e. The molecule has 0 N–H and O–H groups in total. The van der Waals surface area contributed by atoms with Crippen LogP contribution < -0.4 is 0 Å². The lowest BCUT2D eigenvalue weighted by atomic mass is 10.2. The van der Waals surface area contributed by atoms with E-state index < -0.39 is 21.4 Å². The highest BCUT2D eigenvalue weighted by Gasteiger charge is 2.26. The molecule has 0 bridgehead atoms. The molecule has 0 fully saturated rings. The van der Waals surface area contributed by atoms with Gasteiger partial charge in [-0.05, 0) is 18.2 Å². The Kier molecular flexibility index (Phi) is 3.88. The molecule has 1 aromatic carbocycles. The van der Waals surface area contributed by atoms with Gasteiger partial charge in [-0.3, -0.25) is 0 Å². The topological polar surface area (TPSA) is 74.3 Å². The van der Waals surface area contributed by atoms with Crippen LogP contribution in [0.3, 0.4) is 0 Å². The van der Waals surface area contributed by atoms with Crippen LogP contribution in [0.15, 0.2) is 46.1 Å². The van der Waals surface area contributed by atoms with Crippen LogP contribution >= 0.6 is 0 Å². The van der Waals surface area contributed by atoms with Gasteiger partial charge in [0.1, 0.15) is 22.3 Å². The van der Waals surface area contributed by atoms with Gasteiger partial charge in [-0.1, -0.05) is 6.07 Å². The zero-order valence-corrected chi connectivity index (χ0v) is 11.4. The molecule has 0 aliphatic rings. The summed E-state index contributed by atoms with van der Waals surface area (Å²) >= 11 is 0. The number of benzene rings is 1. The fourth-order valence-electron chi connectivity index (χ4n) is 1.72. The molecule has 1 heterocycles. The molecule has 20 heavy (non-hydrogen) atoms. The zero-order valence-electron chi connectivity index (χ0n) is 10.6. The van der Waals surface area contributed by atoms with Crippen molar-refractivity contribution in [3.05, 3.63) is 53.7 Å². The van der Waals surface area contributed by atoms with E-state index in [-0.39, 0.29) is 11.4 Å². The predicted molar refractivity (Wildman–Crippen MR) is 68.5 cm³/mol. The van der Waals surface area contributed by atoms with E-state index in [1.165, 1.54) is 31.7 Å². The second kappa shape index (κ2) is 5.45. The van der Waals surface area contributed by atoms with Crippen LogP contribution in [0.4, 0.5) is 4.39 Å². The molecule has 0 aliphatic heterocycles. The van der Waals surface area contributed by atoms with Gasteiger partial charge in [0.05, 0.1) is 12.5 Å². The van der Waals surface area contributed by atoms with E-state index in [9.17, 15) is 12.8 Å². The van der Waals surface area contributed by atoms with Crippen LogP contribution in [0.25, 0.3) is 0 Å². The number of hydrogen-bond donors (Lipinski definition) is 0. The van der Waals surface area contributed by atoms with E-state index in [2.05, 4.69) is 0 Å². The van der Waals surface area contributed by atoms with Crippen LogP contribution in [0, 0.1) is 17.1 Å². The first-order valence-corrected chi connectivity index (χ1v) is 7.07. The van der Waals surface area contributed by atoms with E-state index in [4.69, 9.17) is 9.68 Å². The molecule has 104 valence electrons. The third kappa shape index (κ3) is 2.57. The lowest BCUT2D eigenvalue weighted by Crippen LogP contribution is -2.27. The molecule has 0 saturated carbocycles. The normalized spacial score (nSPS) is 11.5. The minimum atomic E-state index is -3.95. The summed E-state index contributed by atoms with van der Waals surface area (Å²) < 4.78 is 44.1. The number of sulfonamides is 1. The highest BCUT2D eigenvalue weighted by molar-refractivity contribution is 7.89. The molecule has 0 unspecified atom stereocenters. The van der Waals surface area contributed by atoms with E-state index in [0.717, 1.165) is 10.4 Å². The first-order valence-electron chi connectivity index (χ1n) is 5.63. The van der Waals surface area contributed by atoms with Gasteiger partial charge in [-0.2, -0.15) is 9.57 Å². The van der Waals surface area contributed by atoms with Gasteiger partial charge in [0.15, 0.2) is 0 Å². The van der Waals surface area contributed by atoms with Gasteiger partial charge in [0.25, 0.3) is 0 Å². The molecule has 0 atom stereocenters. The average Bonchev–Trinajstić information content (AvgIpc) is 2.91.